The van der Waals surface area contributed by atoms with E-state index in [1.165, 1.54) is 4.90 Å². The van der Waals surface area contributed by atoms with Crippen LogP contribution in [0.5, 0.6) is 11.5 Å². The van der Waals surface area contributed by atoms with Crippen molar-refractivity contribution in [3.8, 4) is 11.5 Å². The molecule has 1 saturated heterocycles. The van der Waals surface area contributed by atoms with Gasteiger partial charge in [0.1, 0.15) is 18.1 Å². The molecule has 242 valence electrons. The Balaban J connectivity index is 1.55. The molecule has 4 atom stereocenters. The zero-order valence-corrected chi connectivity index (χ0v) is 26.4. The van der Waals surface area contributed by atoms with E-state index in [-0.39, 0.29) is 43.6 Å². The number of benzene rings is 2. The molecule has 0 aromatic heterocycles. The molecule has 1 aliphatic heterocycles. The molecule has 2 aromatic rings. The van der Waals surface area contributed by atoms with Crippen LogP contribution in [0.4, 0.5) is 0 Å². The number of carboxylic acid groups (broad SMARTS) is 1. The van der Waals surface area contributed by atoms with Crippen molar-refractivity contribution in [3.63, 3.8) is 0 Å². The Hall–Kier alpha value is -3.95. The molecular formula is C36H45NO8. The summed E-state index contributed by atoms with van der Waals surface area (Å²) >= 11 is 0. The van der Waals surface area contributed by atoms with Gasteiger partial charge in [-0.05, 0) is 105 Å². The van der Waals surface area contributed by atoms with Gasteiger partial charge in [-0.15, -0.1) is 0 Å². The van der Waals surface area contributed by atoms with Crippen molar-refractivity contribution in [1.29, 1.82) is 0 Å². The monoisotopic (exact) mass is 619 g/mol. The number of phenolic OH excluding ortho intramolecular Hbond substituents is 1. The third-order valence-corrected chi connectivity index (χ3v) is 9.00. The van der Waals surface area contributed by atoms with Crippen LogP contribution in [-0.4, -0.2) is 69.0 Å². The highest BCUT2D eigenvalue weighted by atomic mass is 16.5. The molecule has 4 N–H and O–H groups in total. The fourth-order valence-corrected chi connectivity index (χ4v) is 6.74. The van der Waals surface area contributed by atoms with E-state index >= 15 is 0 Å². The van der Waals surface area contributed by atoms with Crippen molar-refractivity contribution in [3.05, 3.63) is 75.9 Å². The number of amides is 2. The Kier molecular flexibility index (Phi) is 11.6. The lowest BCUT2D eigenvalue weighted by Crippen LogP contribution is -2.40. The smallest absolute Gasteiger partial charge is 0.303 e. The summed E-state index contributed by atoms with van der Waals surface area (Å²) in [7, 11) is 0. The summed E-state index contributed by atoms with van der Waals surface area (Å²) in [6.07, 6.45) is 3.81. The molecule has 1 fully saturated rings. The number of imide groups is 1. The molecular weight excluding hydrogens is 574 g/mol. The lowest BCUT2D eigenvalue weighted by atomic mass is 9.68. The number of aromatic hydroxyl groups is 1. The van der Waals surface area contributed by atoms with E-state index in [0.29, 0.717) is 43.4 Å². The highest BCUT2D eigenvalue weighted by Gasteiger charge is 2.54. The van der Waals surface area contributed by atoms with Crippen molar-refractivity contribution in [2.45, 2.75) is 71.8 Å². The summed E-state index contributed by atoms with van der Waals surface area (Å²) in [5, 5.41) is 41.3. The summed E-state index contributed by atoms with van der Waals surface area (Å²) in [5.41, 5.74) is 4.85. The maximum atomic E-state index is 13.6. The van der Waals surface area contributed by atoms with Crippen LogP contribution in [0.15, 0.2) is 59.2 Å². The molecule has 4 rings (SSSR count). The first-order chi connectivity index (χ1) is 21.5. The van der Waals surface area contributed by atoms with Gasteiger partial charge in [0, 0.05) is 18.9 Å². The van der Waals surface area contributed by atoms with E-state index in [4.69, 9.17) is 9.84 Å². The van der Waals surface area contributed by atoms with Crippen LogP contribution in [0.1, 0.15) is 68.6 Å². The van der Waals surface area contributed by atoms with E-state index < -0.39 is 36.4 Å². The van der Waals surface area contributed by atoms with E-state index in [9.17, 15) is 29.7 Å². The molecule has 0 bridgehead atoms. The lowest BCUT2D eigenvalue weighted by Gasteiger charge is -2.36. The second kappa shape index (κ2) is 15.4. The fraction of sp³-hybridized carbons (Fsp3) is 0.472. The van der Waals surface area contributed by atoms with E-state index in [1.807, 2.05) is 69.3 Å². The molecule has 2 amide bonds. The van der Waals surface area contributed by atoms with Gasteiger partial charge >= 0.3 is 5.97 Å². The topological polar surface area (TPSA) is 145 Å². The molecule has 0 unspecified atom stereocenters. The Morgan fingerprint density at radius 2 is 1.73 bits per heavy atom. The summed E-state index contributed by atoms with van der Waals surface area (Å²) in [4.78, 5) is 39.2. The minimum absolute atomic E-state index is 0.0402. The number of allylic oxidation sites excluding steroid dienone is 1. The number of aryl methyl sites for hydroxylation is 2. The Morgan fingerprint density at radius 3 is 2.38 bits per heavy atom. The van der Waals surface area contributed by atoms with Crippen LogP contribution in [0.3, 0.4) is 0 Å². The molecule has 2 aliphatic rings. The summed E-state index contributed by atoms with van der Waals surface area (Å²) < 4.78 is 6.06. The van der Waals surface area contributed by atoms with Crippen molar-refractivity contribution >= 4 is 23.9 Å². The van der Waals surface area contributed by atoms with Gasteiger partial charge in [0.2, 0.25) is 11.8 Å². The third-order valence-electron chi connectivity index (χ3n) is 9.00. The van der Waals surface area contributed by atoms with Crippen LogP contribution >= 0.6 is 0 Å². The van der Waals surface area contributed by atoms with Crippen LogP contribution in [0.25, 0.3) is 6.08 Å². The number of fused-ring (bicyclic) bond motifs is 1. The van der Waals surface area contributed by atoms with Gasteiger partial charge in [-0.25, -0.2) is 0 Å². The van der Waals surface area contributed by atoms with Crippen molar-refractivity contribution in [1.82, 2.24) is 4.90 Å². The molecule has 2 aromatic carbocycles. The Morgan fingerprint density at radius 1 is 1.04 bits per heavy atom. The number of likely N-dealkylation sites (tertiary alicyclic amines) is 1. The van der Waals surface area contributed by atoms with Gasteiger partial charge in [0.05, 0.1) is 24.5 Å². The van der Waals surface area contributed by atoms with Gasteiger partial charge in [-0.3, -0.25) is 19.3 Å². The van der Waals surface area contributed by atoms with E-state index in [1.54, 1.807) is 0 Å². The Labute approximate surface area is 264 Å². The number of hydrogen-bond acceptors (Lipinski definition) is 7. The number of para-hydroxylation sites is 1. The summed E-state index contributed by atoms with van der Waals surface area (Å²) in [6, 6.07) is 13.1. The lowest BCUT2D eigenvalue weighted by molar-refractivity contribution is -0.141. The van der Waals surface area contributed by atoms with Crippen LogP contribution in [0, 0.1) is 31.6 Å². The highest BCUT2D eigenvalue weighted by Crippen LogP contribution is 2.46. The first-order valence-corrected chi connectivity index (χ1v) is 15.7. The first kappa shape index (κ1) is 33.9. The molecule has 9 nitrogen and oxygen atoms in total. The minimum Gasteiger partial charge on any atom is -0.507 e. The third kappa shape index (κ3) is 8.21. The molecule has 1 aliphatic carbocycles. The second-order valence-corrected chi connectivity index (χ2v) is 12.4. The zero-order chi connectivity index (χ0) is 32.7. The van der Waals surface area contributed by atoms with Crippen molar-refractivity contribution in [2.24, 2.45) is 17.8 Å². The first-order valence-electron chi connectivity index (χ1n) is 15.7. The Bertz CT molecular complexity index is 1420. The number of nitrogens with zero attached hydrogens (tertiary/aromatic N) is 1. The molecule has 45 heavy (non-hydrogen) atoms. The number of rotatable bonds is 15. The van der Waals surface area contributed by atoms with Gasteiger partial charge in [-0.1, -0.05) is 36.3 Å². The highest BCUT2D eigenvalue weighted by molar-refractivity contribution is 6.05. The molecule has 9 heteroatoms. The van der Waals surface area contributed by atoms with E-state index in [2.05, 4.69) is 0 Å². The zero-order valence-electron chi connectivity index (χ0n) is 26.4. The number of carbonyl (C=O) groups excluding carboxylic acids is 2. The van der Waals surface area contributed by atoms with Gasteiger partial charge in [-0.2, -0.15) is 0 Å². The van der Waals surface area contributed by atoms with Gasteiger partial charge < -0.3 is 25.2 Å². The predicted octanol–water partition coefficient (Wildman–Crippen LogP) is 5.19. The number of carbonyl (C=O) groups is 3. The molecule has 1 heterocycles. The minimum atomic E-state index is -0.961. The van der Waals surface area contributed by atoms with Crippen LogP contribution < -0.4 is 4.74 Å². The summed E-state index contributed by atoms with van der Waals surface area (Å²) in [5.74, 6) is -2.74. The number of hydrogen-bond donors (Lipinski definition) is 4. The average Bonchev–Trinajstić information content (AvgIpc) is 3.25. The fourth-order valence-electron chi connectivity index (χ4n) is 6.74. The van der Waals surface area contributed by atoms with Crippen LogP contribution in [0.2, 0.25) is 0 Å². The number of carboxylic acids is 1. The van der Waals surface area contributed by atoms with Crippen molar-refractivity contribution in [2.75, 3.05) is 19.8 Å². The normalized spacial score (nSPS) is 20.9. The molecule has 0 saturated carbocycles. The van der Waals surface area contributed by atoms with Gasteiger partial charge in [0.15, 0.2) is 0 Å². The summed E-state index contributed by atoms with van der Waals surface area (Å²) in [6.45, 7) is 5.61. The van der Waals surface area contributed by atoms with Crippen molar-refractivity contribution < 1.29 is 39.5 Å². The quantitative estimate of drug-likeness (QED) is 0.121. The number of aliphatic hydroxyl groups excluding tert-OH is 2. The number of unbranched alkanes of at least 4 members (excludes halogenated alkanes) is 2. The maximum absolute atomic E-state index is 13.6. The predicted molar refractivity (Wildman–Crippen MR) is 170 cm³/mol. The molecule has 0 radical (unpaired) electrons. The molecule has 0 spiro atoms. The van der Waals surface area contributed by atoms with Crippen LogP contribution in [-0.2, 0) is 14.4 Å². The van der Waals surface area contributed by atoms with E-state index in [0.717, 1.165) is 27.8 Å². The number of aliphatic carboxylic acids is 1. The largest absolute Gasteiger partial charge is 0.507 e. The van der Waals surface area contributed by atoms with Gasteiger partial charge in [0.25, 0.3) is 0 Å². The maximum Gasteiger partial charge on any atom is 0.303 e. The standard InChI is InChI=1S/C36H45NO8/c1-22(16-25-17-23(2)34(42)24(3)18-25)13-14-30(39)32-26(21-45-27-10-6-4-7-11-27)19-28-33(29(32)20-38)36(44)37(35(28)43)15-9-5-8-12-31(40)41/h4,6-7,10-11,16-18,28-30,33,38-39,42H,5,8-9,12-15,19-21H2,1-3H3,(H,40,41)/b22-16+/t28-,29+,30-,33-/m1/s1. The number of phenols is 1. The average molecular weight is 620 g/mol. The SMILES string of the molecule is C/C(=C\c1cc(C)c(O)c(C)c1)CC[C@@H](O)C1=C(COc2ccccc2)C[C@H]2C(=O)N(CCCCCC(=O)O)C(=O)[C@H]2[C@H]1CO. The second-order valence-electron chi connectivity index (χ2n) is 12.4. The number of ether oxygens (including phenoxy) is 1. The number of aliphatic hydroxyl groups is 2.